The van der Waals surface area contributed by atoms with Crippen molar-refractivity contribution in [3.63, 3.8) is 0 Å². The van der Waals surface area contributed by atoms with Gasteiger partial charge in [0, 0.05) is 6.08 Å². The molecule has 192 valence electrons. The number of hydrogen-bond donors (Lipinski definition) is 0. The smallest absolute Gasteiger partial charge is 0.336 e. The van der Waals surface area contributed by atoms with Gasteiger partial charge in [-0.05, 0) is 38.4 Å². The van der Waals surface area contributed by atoms with Gasteiger partial charge in [0.1, 0.15) is 12.2 Å². The highest BCUT2D eigenvalue weighted by molar-refractivity contribution is 6.74. The van der Waals surface area contributed by atoms with E-state index in [-0.39, 0.29) is 16.7 Å². The molecule has 1 rings (SSSR count). The van der Waals surface area contributed by atoms with Crippen molar-refractivity contribution in [1.82, 2.24) is 0 Å². The molecule has 1 fully saturated rings. The molecule has 0 aliphatic carbocycles. The van der Waals surface area contributed by atoms with Gasteiger partial charge in [-0.25, -0.2) is 9.59 Å². The van der Waals surface area contributed by atoms with Gasteiger partial charge in [-0.15, -0.1) is 0 Å². The van der Waals surface area contributed by atoms with Crippen molar-refractivity contribution >= 4 is 20.3 Å². The van der Waals surface area contributed by atoms with E-state index in [1.807, 2.05) is 0 Å². The third-order valence-corrected chi connectivity index (χ3v) is 11.0. The van der Waals surface area contributed by atoms with E-state index < -0.39 is 38.3 Å². The van der Waals surface area contributed by atoms with Gasteiger partial charge in [0.25, 0.3) is 0 Å². The fourth-order valence-electron chi connectivity index (χ4n) is 3.66. The first-order valence-corrected chi connectivity index (χ1v) is 15.0. The predicted molar refractivity (Wildman–Crippen MR) is 131 cm³/mol. The molecule has 0 N–H and O–H groups in total. The van der Waals surface area contributed by atoms with Crippen LogP contribution in [0.5, 0.6) is 0 Å². The second-order valence-electron chi connectivity index (χ2n) is 10.8. The van der Waals surface area contributed by atoms with Crippen LogP contribution in [0.3, 0.4) is 0 Å². The second kappa shape index (κ2) is 12.5. The molecule has 0 aromatic carbocycles. The fraction of sp³-hybridized carbons (Fsp3) is 0.840. The minimum atomic E-state index is -2.16. The zero-order valence-electron chi connectivity index (χ0n) is 22.4. The quantitative estimate of drug-likeness (QED) is 0.155. The van der Waals surface area contributed by atoms with Crippen LogP contribution in [0.1, 0.15) is 80.1 Å². The molecule has 1 heterocycles. The number of carbonyl (C=O) groups is 2. The number of hydrogen-bond acceptors (Lipinski definition) is 7. The maximum atomic E-state index is 12.6. The normalized spacial score (nSPS) is 22.2. The zero-order chi connectivity index (χ0) is 25.4. The molecule has 3 unspecified atom stereocenters. The molecule has 1 saturated heterocycles. The summed E-state index contributed by atoms with van der Waals surface area (Å²) in [4.78, 5) is 24.7. The number of ether oxygens (including phenoxy) is 4. The highest BCUT2D eigenvalue weighted by Gasteiger charge is 2.51. The van der Waals surface area contributed by atoms with Gasteiger partial charge in [0.05, 0.1) is 25.9 Å². The molecule has 0 aromatic heterocycles. The summed E-state index contributed by atoms with van der Waals surface area (Å²) in [6, 6.07) is 0. The highest BCUT2D eigenvalue weighted by Crippen LogP contribution is 2.42. The molecule has 7 nitrogen and oxygen atoms in total. The Morgan fingerprint density at radius 3 is 2.15 bits per heavy atom. The first-order valence-electron chi connectivity index (χ1n) is 12.1. The van der Waals surface area contributed by atoms with Crippen molar-refractivity contribution in [2.24, 2.45) is 0 Å². The lowest BCUT2D eigenvalue weighted by atomic mass is 9.96. The minimum absolute atomic E-state index is 0.00493. The van der Waals surface area contributed by atoms with E-state index in [2.05, 4.69) is 40.8 Å². The van der Waals surface area contributed by atoms with Gasteiger partial charge >= 0.3 is 11.9 Å². The van der Waals surface area contributed by atoms with Crippen LogP contribution in [0, 0.1) is 0 Å². The molecule has 8 heteroatoms. The Hall–Kier alpha value is -1.22. The maximum absolute atomic E-state index is 12.6. The molecule has 0 aromatic rings. The Labute approximate surface area is 201 Å². The summed E-state index contributed by atoms with van der Waals surface area (Å²) in [6.07, 6.45) is 5.92. The van der Waals surface area contributed by atoms with Gasteiger partial charge in [-0.3, -0.25) is 0 Å². The molecule has 1 aliphatic rings. The van der Waals surface area contributed by atoms with Crippen LogP contribution in [0.4, 0.5) is 0 Å². The largest absolute Gasteiger partial charge is 0.466 e. The number of rotatable bonds is 12. The number of unbranched alkanes of at least 4 members (excludes halogenated alkanes) is 4. The van der Waals surface area contributed by atoms with Crippen LogP contribution in [0.25, 0.3) is 0 Å². The average Bonchev–Trinajstić information content (AvgIpc) is 3.04. The van der Waals surface area contributed by atoms with E-state index >= 15 is 0 Å². The van der Waals surface area contributed by atoms with Gasteiger partial charge in [0.2, 0.25) is 0 Å². The lowest BCUT2D eigenvalue weighted by Crippen LogP contribution is -2.50. The molecular weight excluding hydrogens is 440 g/mol. The van der Waals surface area contributed by atoms with Crippen molar-refractivity contribution < 1.29 is 33.0 Å². The summed E-state index contributed by atoms with van der Waals surface area (Å²) in [5.41, 5.74) is 0.0785. The fourth-order valence-corrected chi connectivity index (χ4v) is 5.02. The lowest BCUT2D eigenvalue weighted by Gasteiger charge is -2.41. The molecule has 0 amide bonds. The molecule has 0 spiro atoms. The molecule has 33 heavy (non-hydrogen) atoms. The summed E-state index contributed by atoms with van der Waals surface area (Å²) >= 11 is 0. The van der Waals surface area contributed by atoms with E-state index in [9.17, 15) is 9.59 Å². The third kappa shape index (κ3) is 8.81. The van der Waals surface area contributed by atoms with Crippen molar-refractivity contribution in [3.8, 4) is 0 Å². The highest BCUT2D eigenvalue weighted by atomic mass is 28.4. The summed E-state index contributed by atoms with van der Waals surface area (Å²) in [5, 5.41) is 0.00493. The summed E-state index contributed by atoms with van der Waals surface area (Å²) < 4.78 is 29.1. The van der Waals surface area contributed by atoms with Crippen molar-refractivity contribution in [3.05, 3.63) is 11.6 Å². The first kappa shape index (κ1) is 29.8. The van der Waals surface area contributed by atoms with Crippen LogP contribution in [0.15, 0.2) is 11.6 Å². The van der Waals surface area contributed by atoms with Crippen LogP contribution < -0.4 is 0 Å². The van der Waals surface area contributed by atoms with Crippen molar-refractivity contribution in [2.75, 3.05) is 14.2 Å². The second-order valence-corrected chi connectivity index (χ2v) is 15.5. The van der Waals surface area contributed by atoms with E-state index in [1.54, 1.807) is 13.8 Å². The topological polar surface area (TPSA) is 80.3 Å². The Kier molecular flexibility index (Phi) is 11.3. The van der Waals surface area contributed by atoms with Crippen LogP contribution in [0.2, 0.25) is 18.1 Å². The number of methoxy groups -OCH3 is 2. The molecule has 1 aliphatic heterocycles. The van der Waals surface area contributed by atoms with E-state index in [1.165, 1.54) is 33.5 Å². The summed E-state index contributed by atoms with van der Waals surface area (Å²) in [6.45, 7) is 16.8. The van der Waals surface area contributed by atoms with E-state index in [0.29, 0.717) is 0 Å². The van der Waals surface area contributed by atoms with Crippen molar-refractivity contribution in [2.45, 2.75) is 122 Å². The zero-order valence-corrected chi connectivity index (χ0v) is 23.4. The van der Waals surface area contributed by atoms with Gasteiger partial charge in [0.15, 0.2) is 14.1 Å². The predicted octanol–water partition coefficient (Wildman–Crippen LogP) is 5.53. The van der Waals surface area contributed by atoms with Crippen molar-refractivity contribution in [1.29, 1.82) is 0 Å². The van der Waals surface area contributed by atoms with Gasteiger partial charge < -0.3 is 23.4 Å². The Balaban J connectivity index is 3.34. The van der Waals surface area contributed by atoms with E-state index in [0.717, 1.165) is 25.3 Å². The monoisotopic (exact) mass is 486 g/mol. The SMILES string of the molecule is CCCCCCCC(O[Si](C)(C)C(C)(C)C)C1OC(C)(C)OC1C(=CC(=O)OC)C(=O)OC. The first-order chi connectivity index (χ1) is 15.2. The van der Waals surface area contributed by atoms with Crippen LogP contribution in [-0.2, 0) is 33.0 Å². The Bertz CT molecular complexity index is 679. The van der Waals surface area contributed by atoms with E-state index in [4.69, 9.17) is 23.4 Å². The molecule has 0 radical (unpaired) electrons. The molecule has 0 bridgehead atoms. The standard InChI is InChI=1S/C25H46O7Si/c1-11-12-13-14-15-16-19(32-33(9,10)24(2,3)4)22-21(30-25(5,6)31-22)18(23(27)29-8)17-20(26)28-7/h17,19,21-22H,11-16H2,1-10H3. The number of carbonyl (C=O) groups excluding carboxylic acids is 2. The summed E-state index contributed by atoms with van der Waals surface area (Å²) in [7, 11) is 0.384. The third-order valence-electron chi connectivity index (χ3n) is 6.54. The lowest BCUT2D eigenvalue weighted by molar-refractivity contribution is -0.154. The summed E-state index contributed by atoms with van der Waals surface area (Å²) in [5.74, 6) is -2.25. The minimum Gasteiger partial charge on any atom is -0.466 e. The molecular formula is C25H46O7Si. The molecule has 0 saturated carbocycles. The number of esters is 2. The Morgan fingerprint density at radius 1 is 1.03 bits per heavy atom. The van der Waals surface area contributed by atoms with Gasteiger partial charge in [-0.1, -0.05) is 59.8 Å². The molecule has 3 atom stereocenters. The van der Waals surface area contributed by atoms with Crippen LogP contribution in [-0.4, -0.2) is 58.6 Å². The van der Waals surface area contributed by atoms with Gasteiger partial charge in [-0.2, -0.15) is 0 Å². The van der Waals surface area contributed by atoms with Crippen LogP contribution >= 0.6 is 0 Å². The average molecular weight is 487 g/mol. The Morgan fingerprint density at radius 2 is 1.64 bits per heavy atom. The maximum Gasteiger partial charge on any atom is 0.336 e.